The molecular formula is C14H19ClN2O. The monoisotopic (exact) mass is 266 g/mol. The molecule has 98 valence electrons. The molecule has 3 nitrogen and oxygen atoms in total. The lowest BCUT2D eigenvalue weighted by Gasteiger charge is -2.32. The zero-order valence-corrected chi connectivity index (χ0v) is 11.6. The molecule has 1 amide bonds. The number of pyridine rings is 1. The second-order valence-electron chi connectivity index (χ2n) is 5.28. The molecule has 1 aromatic heterocycles. The van der Waals surface area contributed by atoms with E-state index in [1.807, 2.05) is 0 Å². The fourth-order valence-electron chi connectivity index (χ4n) is 2.47. The van der Waals surface area contributed by atoms with Crippen molar-refractivity contribution in [3.8, 4) is 0 Å². The number of carbonyl (C=O) groups excluding carboxylic acids is 1. The van der Waals surface area contributed by atoms with Gasteiger partial charge in [-0.15, -0.1) is 0 Å². The lowest BCUT2D eigenvalue weighted by Crippen LogP contribution is -2.40. The molecule has 18 heavy (non-hydrogen) atoms. The van der Waals surface area contributed by atoms with Gasteiger partial charge in [0.2, 0.25) is 0 Å². The van der Waals surface area contributed by atoms with E-state index in [4.69, 9.17) is 11.6 Å². The number of nitrogens with zero attached hydrogens (tertiary/aromatic N) is 1. The summed E-state index contributed by atoms with van der Waals surface area (Å²) in [6.07, 6.45) is 3.28. The van der Waals surface area contributed by atoms with E-state index in [1.54, 1.807) is 18.2 Å². The first kappa shape index (κ1) is 13.3. The van der Waals surface area contributed by atoms with Gasteiger partial charge in [-0.1, -0.05) is 31.5 Å². The highest BCUT2D eigenvalue weighted by molar-refractivity contribution is 6.29. The van der Waals surface area contributed by atoms with Crippen LogP contribution >= 0.6 is 11.6 Å². The Labute approximate surface area is 113 Å². The van der Waals surface area contributed by atoms with Crippen molar-refractivity contribution in [3.63, 3.8) is 0 Å². The molecule has 0 spiro atoms. The van der Waals surface area contributed by atoms with Crippen molar-refractivity contribution in [2.75, 3.05) is 0 Å². The van der Waals surface area contributed by atoms with Crippen molar-refractivity contribution in [3.05, 3.63) is 29.0 Å². The number of hydrogen-bond acceptors (Lipinski definition) is 2. The largest absolute Gasteiger partial charge is 0.348 e. The molecule has 1 aliphatic rings. The van der Waals surface area contributed by atoms with Crippen molar-refractivity contribution >= 4 is 17.5 Å². The van der Waals surface area contributed by atoms with E-state index in [2.05, 4.69) is 24.1 Å². The van der Waals surface area contributed by atoms with Crippen molar-refractivity contribution < 1.29 is 4.79 Å². The standard InChI is InChI=1S/C14H19ClN2O/c1-9-6-7-11(8-10(9)2)16-14(18)12-4-3-5-13(15)17-12/h3-5,9-11H,6-8H2,1-2H3,(H,16,18). The van der Waals surface area contributed by atoms with E-state index in [0.717, 1.165) is 18.8 Å². The lowest BCUT2D eigenvalue weighted by atomic mass is 9.79. The average Bonchev–Trinajstić information content (AvgIpc) is 2.34. The Morgan fingerprint density at radius 3 is 2.78 bits per heavy atom. The Morgan fingerprint density at radius 1 is 1.33 bits per heavy atom. The highest BCUT2D eigenvalue weighted by atomic mass is 35.5. The third kappa shape index (κ3) is 3.22. The quantitative estimate of drug-likeness (QED) is 0.835. The van der Waals surface area contributed by atoms with Crippen LogP contribution in [0.1, 0.15) is 43.6 Å². The normalized spacial score (nSPS) is 27.8. The molecule has 0 aliphatic heterocycles. The maximum Gasteiger partial charge on any atom is 0.270 e. The molecule has 0 radical (unpaired) electrons. The SMILES string of the molecule is CC1CCC(NC(=O)c2cccc(Cl)n2)CC1C. The first-order valence-corrected chi connectivity index (χ1v) is 6.87. The van der Waals surface area contributed by atoms with Crippen LogP contribution in [-0.4, -0.2) is 16.9 Å². The summed E-state index contributed by atoms with van der Waals surface area (Å²) in [7, 11) is 0. The number of amides is 1. The van der Waals surface area contributed by atoms with Gasteiger partial charge >= 0.3 is 0 Å². The molecule has 1 aromatic rings. The highest BCUT2D eigenvalue weighted by Gasteiger charge is 2.25. The third-order valence-corrected chi connectivity index (χ3v) is 4.09. The number of rotatable bonds is 2. The van der Waals surface area contributed by atoms with Crippen LogP contribution in [0.5, 0.6) is 0 Å². The van der Waals surface area contributed by atoms with Crippen LogP contribution in [0.15, 0.2) is 18.2 Å². The van der Waals surface area contributed by atoms with Crippen LogP contribution in [0.25, 0.3) is 0 Å². The second-order valence-corrected chi connectivity index (χ2v) is 5.67. The molecule has 3 unspecified atom stereocenters. The smallest absolute Gasteiger partial charge is 0.270 e. The Hall–Kier alpha value is -1.09. The fraction of sp³-hybridized carbons (Fsp3) is 0.571. The summed E-state index contributed by atoms with van der Waals surface area (Å²) in [6.45, 7) is 4.53. The molecule has 0 aromatic carbocycles. The topological polar surface area (TPSA) is 42.0 Å². The molecular weight excluding hydrogens is 248 g/mol. The van der Waals surface area contributed by atoms with Gasteiger partial charge < -0.3 is 5.32 Å². The predicted molar refractivity (Wildman–Crippen MR) is 72.7 cm³/mol. The Bertz CT molecular complexity index is 436. The Kier molecular flexibility index (Phi) is 4.23. The predicted octanol–water partition coefficient (Wildman–Crippen LogP) is 3.29. The van der Waals surface area contributed by atoms with Gasteiger partial charge in [-0.05, 0) is 43.2 Å². The first-order chi connectivity index (χ1) is 8.56. The molecule has 1 N–H and O–H groups in total. The van der Waals surface area contributed by atoms with E-state index in [9.17, 15) is 4.79 Å². The van der Waals surface area contributed by atoms with Crippen molar-refractivity contribution in [2.24, 2.45) is 11.8 Å². The van der Waals surface area contributed by atoms with Crippen LogP contribution in [0.3, 0.4) is 0 Å². The number of aromatic nitrogens is 1. The molecule has 1 saturated carbocycles. The minimum absolute atomic E-state index is 0.121. The minimum atomic E-state index is -0.121. The van der Waals surface area contributed by atoms with Crippen LogP contribution < -0.4 is 5.32 Å². The lowest BCUT2D eigenvalue weighted by molar-refractivity contribution is 0.0905. The zero-order valence-electron chi connectivity index (χ0n) is 10.8. The third-order valence-electron chi connectivity index (χ3n) is 3.88. The Morgan fingerprint density at radius 2 is 2.11 bits per heavy atom. The number of carbonyl (C=O) groups is 1. The number of nitrogens with one attached hydrogen (secondary N) is 1. The van der Waals surface area contributed by atoms with Crippen LogP contribution in [0.2, 0.25) is 5.15 Å². The van der Waals surface area contributed by atoms with Crippen LogP contribution in [-0.2, 0) is 0 Å². The summed E-state index contributed by atoms with van der Waals surface area (Å²) < 4.78 is 0. The van der Waals surface area contributed by atoms with Gasteiger partial charge in [0.25, 0.3) is 5.91 Å². The summed E-state index contributed by atoms with van der Waals surface area (Å²) in [6, 6.07) is 5.37. The molecule has 0 bridgehead atoms. The molecule has 4 heteroatoms. The fourth-order valence-corrected chi connectivity index (χ4v) is 2.64. The second kappa shape index (κ2) is 5.70. The molecule has 3 atom stereocenters. The van der Waals surface area contributed by atoms with Gasteiger partial charge in [0, 0.05) is 6.04 Å². The molecule has 0 saturated heterocycles. The molecule has 2 rings (SSSR count). The van der Waals surface area contributed by atoms with Crippen LogP contribution in [0, 0.1) is 11.8 Å². The van der Waals surface area contributed by atoms with Crippen molar-refractivity contribution in [2.45, 2.75) is 39.2 Å². The maximum atomic E-state index is 12.0. The van der Waals surface area contributed by atoms with E-state index < -0.39 is 0 Å². The highest BCUT2D eigenvalue weighted by Crippen LogP contribution is 2.29. The van der Waals surface area contributed by atoms with Crippen molar-refractivity contribution in [1.82, 2.24) is 10.3 Å². The van der Waals surface area contributed by atoms with E-state index >= 15 is 0 Å². The average molecular weight is 267 g/mol. The van der Waals surface area contributed by atoms with Gasteiger partial charge in [-0.25, -0.2) is 4.98 Å². The molecule has 1 aliphatic carbocycles. The van der Waals surface area contributed by atoms with Gasteiger partial charge in [-0.2, -0.15) is 0 Å². The van der Waals surface area contributed by atoms with E-state index in [0.29, 0.717) is 16.8 Å². The molecule has 1 heterocycles. The van der Waals surface area contributed by atoms with E-state index in [1.165, 1.54) is 6.42 Å². The Balaban J connectivity index is 1.96. The number of halogens is 1. The maximum absolute atomic E-state index is 12.0. The summed E-state index contributed by atoms with van der Waals surface area (Å²) >= 11 is 5.78. The van der Waals surface area contributed by atoms with Gasteiger partial charge in [0.05, 0.1) is 0 Å². The zero-order chi connectivity index (χ0) is 13.1. The molecule has 1 fully saturated rings. The van der Waals surface area contributed by atoms with E-state index in [-0.39, 0.29) is 11.9 Å². The number of hydrogen-bond donors (Lipinski definition) is 1. The van der Waals surface area contributed by atoms with Gasteiger partial charge in [-0.3, -0.25) is 4.79 Å². The van der Waals surface area contributed by atoms with Crippen molar-refractivity contribution in [1.29, 1.82) is 0 Å². The minimum Gasteiger partial charge on any atom is -0.348 e. The summed E-state index contributed by atoms with van der Waals surface area (Å²) in [5.41, 5.74) is 0.397. The summed E-state index contributed by atoms with van der Waals surface area (Å²) in [5.74, 6) is 1.29. The van der Waals surface area contributed by atoms with Gasteiger partial charge in [0.1, 0.15) is 10.8 Å². The van der Waals surface area contributed by atoms with Gasteiger partial charge in [0.15, 0.2) is 0 Å². The summed E-state index contributed by atoms with van der Waals surface area (Å²) in [4.78, 5) is 16.0. The first-order valence-electron chi connectivity index (χ1n) is 6.49. The van der Waals surface area contributed by atoms with Crippen LogP contribution in [0.4, 0.5) is 0 Å². The summed E-state index contributed by atoms with van der Waals surface area (Å²) in [5, 5.41) is 3.41.